The fourth-order valence-corrected chi connectivity index (χ4v) is 1.69. The van der Waals surface area contributed by atoms with Gasteiger partial charge in [-0.3, -0.25) is 0 Å². The van der Waals surface area contributed by atoms with Crippen molar-refractivity contribution < 1.29 is 0 Å². The largest absolute Gasteiger partial charge is 0.319 e. The van der Waals surface area contributed by atoms with Crippen LogP contribution in [0.4, 0.5) is 0 Å². The third-order valence-electron chi connectivity index (χ3n) is 1.59. The Labute approximate surface area is 71.7 Å². The zero-order valence-corrected chi connectivity index (χ0v) is 7.82. The van der Waals surface area contributed by atoms with Crippen LogP contribution in [-0.2, 0) is 6.42 Å². The minimum atomic E-state index is 0.682. The first-order valence-electron chi connectivity index (χ1n) is 3.84. The van der Waals surface area contributed by atoms with E-state index in [0.717, 1.165) is 13.0 Å². The van der Waals surface area contributed by atoms with E-state index in [-0.39, 0.29) is 0 Å². The van der Waals surface area contributed by atoms with E-state index < -0.39 is 0 Å². The average molecular weight is 170 g/mol. The molecule has 1 unspecified atom stereocenters. The Hall–Kier alpha value is -0.410. The van der Waals surface area contributed by atoms with Crippen molar-refractivity contribution in [3.63, 3.8) is 0 Å². The van der Waals surface area contributed by atoms with Crippen LogP contribution in [0.2, 0.25) is 0 Å². The number of aromatic nitrogens is 1. The van der Waals surface area contributed by atoms with Crippen LogP contribution in [0.3, 0.4) is 0 Å². The van der Waals surface area contributed by atoms with Crippen LogP contribution in [-0.4, -0.2) is 18.6 Å². The normalized spacial score (nSPS) is 13.3. The molecular weight excluding hydrogens is 156 g/mol. The number of hydrogen-bond donors (Lipinski definition) is 1. The minimum Gasteiger partial charge on any atom is -0.319 e. The molecular formula is C8H14N2S. The third kappa shape index (κ3) is 2.99. The van der Waals surface area contributed by atoms with Crippen molar-refractivity contribution in [3.8, 4) is 0 Å². The van der Waals surface area contributed by atoms with Crippen LogP contribution >= 0.6 is 11.3 Å². The van der Waals surface area contributed by atoms with Crippen molar-refractivity contribution in [2.45, 2.75) is 13.3 Å². The van der Waals surface area contributed by atoms with Crippen LogP contribution in [0.5, 0.6) is 0 Å². The molecule has 0 amide bonds. The highest BCUT2D eigenvalue weighted by molar-refractivity contribution is 7.07. The second-order valence-corrected chi connectivity index (χ2v) is 3.57. The van der Waals surface area contributed by atoms with E-state index in [1.54, 1.807) is 11.3 Å². The minimum absolute atomic E-state index is 0.682. The van der Waals surface area contributed by atoms with Crippen LogP contribution in [0, 0.1) is 5.92 Å². The average Bonchev–Trinajstić information content (AvgIpc) is 2.40. The first-order chi connectivity index (χ1) is 5.33. The predicted molar refractivity (Wildman–Crippen MR) is 48.9 cm³/mol. The highest BCUT2D eigenvalue weighted by Gasteiger charge is 2.02. The van der Waals surface area contributed by atoms with E-state index >= 15 is 0 Å². The topological polar surface area (TPSA) is 24.9 Å². The fourth-order valence-electron chi connectivity index (χ4n) is 1.12. The van der Waals surface area contributed by atoms with Gasteiger partial charge in [-0.25, -0.2) is 4.98 Å². The van der Waals surface area contributed by atoms with Gasteiger partial charge in [0.05, 0.1) is 11.2 Å². The maximum Gasteiger partial charge on any atom is 0.0794 e. The highest BCUT2D eigenvalue weighted by Crippen LogP contribution is 2.07. The van der Waals surface area contributed by atoms with Crippen LogP contribution in [0.15, 0.2) is 10.9 Å². The number of rotatable bonds is 4. The molecule has 1 N–H and O–H groups in total. The quantitative estimate of drug-likeness (QED) is 0.741. The Morgan fingerprint density at radius 2 is 2.55 bits per heavy atom. The highest BCUT2D eigenvalue weighted by atomic mass is 32.1. The maximum atomic E-state index is 4.23. The molecule has 0 saturated heterocycles. The maximum absolute atomic E-state index is 4.23. The Balaban J connectivity index is 2.31. The van der Waals surface area contributed by atoms with Crippen molar-refractivity contribution in [1.29, 1.82) is 0 Å². The Bertz CT molecular complexity index is 184. The molecule has 0 fully saturated rings. The molecule has 62 valence electrons. The van der Waals surface area contributed by atoms with Crippen LogP contribution in [0.25, 0.3) is 0 Å². The summed E-state index contributed by atoms with van der Waals surface area (Å²) in [5.41, 5.74) is 3.11. The molecule has 2 nitrogen and oxygen atoms in total. The van der Waals surface area contributed by atoms with Crippen LogP contribution < -0.4 is 5.32 Å². The predicted octanol–water partition coefficient (Wildman–Crippen LogP) is 1.54. The molecule has 0 aliphatic carbocycles. The zero-order chi connectivity index (χ0) is 8.10. The summed E-state index contributed by atoms with van der Waals surface area (Å²) < 4.78 is 0. The van der Waals surface area contributed by atoms with Gasteiger partial charge in [0.25, 0.3) is 0 Å². The molecule has 0 spiro atoms. The van der Waals surface area contributed by atoms with Gasteiger partial charge in [0.2, 0.25) is 0 Å². The number of nitrogens with one attached hydrogen (secondary N) is 1. The van der Waals surface area contributed by atoms with Gasteiger partial charge >= 0.3 is 0 Å². The van der Waals surface area contributed by atoms with Gasteiger partial charge in [0.1, 0.15) is 0 Å². The van der Waals surface area contributed by atoms with E-state index in [9.17, 15) is 0 Å². The fraction of sp³-hybridized carbons (Fsp3) is 0.625. The van der Waals surface area contributed by atoms with Crippen molar-refractivity contribution in [2.75, 3.05) is 13.6 Å². The van der Waals surface area contributed by atoms with E-state index in [1.807, 2.05) is 12.6 Å². The lowest BCUT2D eigenvalue weighted by atomic mass is 10.1. The molecule has 0 bridgehead atoms. The SMILES string of the molecule is CNCC(C)Cc1cscn1. The van der Waals surface area contributed by atoms with Gasteiger partial charge < -0.3 is 5.32 Å². The molecule has 1 aromatic rings. The van der Waals surface area contributed by atoms with E-state index in [1.165, 1.54) is 5.69 Å². The van der Waals surface area contributed by atoms with Gasteiger partial charge in [-0.1, -0.05) is 6.92 Å². The first kappa shape index (κ1) is 8.68. The van der Waals surface area contributed by atoms with Gasteiger partial charge in [0.15, 0.2) is 0 Å². The van der Waals surface area contributed by atoms with Crippen molar-refractivity contribution in [2.24, 2.45) is 5.92 Å². The number of nitrogens with zero attached hydrogens (tertiary/aromatic N) is 1. The van der Waals surface area contributed by atoms with Crippen LogP contribution in [0.1, 0.15) is 12.6 Å². The molecule has 0 saturated carbocycles. The molecule has 0 radical (unpaired) electrons. The van der Waals surface area contributed by atoms with E-state index in [0.29, 0.717) is 5.92 Å². The molecule has 0 aliphatic heterocycles. The Kier molecular flexibility index (Phi) is 3.52. The third-order valence-corrected chi connectivity index (χ3v) is 2.23. The lowest BCUT2D eigenvalue weighted by molar-refractivity contribution is 0.537. The molecule has 0 aliphatic rings. The van der Waals surface area contributed by atoms with Crippen molar-refractivity contribution in [1.82, 2.24) is 10.3 Å². The van der Waals surface area contributed by atoms with Crippen molar-refractivity contribution >= 4 is 11.3 Å². The summed E-state index contributed by atoms with van der Waals surface area (Å²) in [6, 6.07) is 0. The van der Waals surface area contributed by atoms with Gasteiger partial charge in [0, 0.05) is 5.38 Å². The van der Waals surface area contributed by atoms with Gasteiger partial charge in [-0.05, 0) is 25.9 Å². The van der Waals surface area contributed by atoms with Crippen molar-refractivity contribution in [3.05, 3.63) is 16.6 Å². The summed E-state index contributed by atoms with van der Waals surface area (Å²) in [5.74, 6) is 0.682. The summed E-state index contributed by atoms with van der Waals surface area (Å²) >= 11 is 1.67. The second-order valence-electron chi connectivity index (χ2n) is 2.85. The molecule has 1 rings (SSSR count). The Morgan fingerprint density at radius 3 is 3.09 bits per heavy atom. The molecule has 1 atom stereocenters. The standard InChI is InChI=1S/C8H14N2S/c1-7(4-9-2)3-8-5-11-6-10-8/h5-7,9H,3-4H2,1-2H3. The second kappa shape index (κ2) is 4.46. The molecule has 0 aromatic carbocycles. The lowest BCUT2D eigenvalue weighted by Gasteiger charge is -2.07. The van der Waals surface area contributed by atoms with Gasteiger partial charge in [-0.2, -0.15) is 0 Å². The van der Waals surface area contributed by atoms with Gasteiger partial charge in [-0.15, -0.1) is 11.3 Å². The molecule has 1 aromatic heterocycles. The van der Waals surface area contributed by atoms with E-state index in [2.05, 4.69) is 22.6 Å². The first-order valence-corrected chi connectivity index (χ1v) is 4.79. The number of thiazole rings is 1. The molecule has 3 heteroatoms. The number of hydrogen-bond acceptors (Lipinski definition) is 3. The zero-order valence-electron chi connectivity index (χ0n) is 7.00. The smallest absolute Gasteiger partial charge is 0.0794 e. The molecule has 11 heavy (non-hydrogen) atoms. The monoisotopic (exact) mass is 170 g/mol. The summed E-state index contributed by atoms with van der Waals surface area (Å²) in [5, 5.41) is 5.27. The summed E-state index contributed by atoms with van der Waals surface area (Å²) in [7, 11) is 1.98. The Morgan fingerprint density at radius 1 is 1.73 bits per heavy atom. The summed E-state index contributed by atoms with van der Waals surface area (Å²) in [4.78, 5) is 4.23. The summed E-state index contributed by atoms with van der Waals surface area (Å²) in [6.45, 7) is 3.30. The molecule has 1 heterocycles. The van der Waals surface area contributed by atoms with E-state index in [4.69, 9.17) is 0 Å². The summed E-state index contributed by atoms with van der Waals surface area (Å²) in [6.07, 6.45) is 1.09. The lowest BCUT2D eigenvalue weighted by Crippen LogP contribution is -2.17.